The second kappa shape index (κ2) is 7.03. The maximum atomic E-state index is 12.6. The van der Waals surface area contributed by atoms with Crippen LogP contribution < -0.4 is 5.32 Å². The van der Waals surface area contributed by atoms with E-state index in [0.717, 1.165) is 33.5 Å². The lowest BCUT2D eigenvalue weighted by Crippen LogP contribution is -2.11. The summed E-state index contributed by atoms with van der Waals surface area (Å²) in [6, 6.07) is 17.4. The Morgan fingerprint density at radius 3 is 2.72 bits per heavy atom. The van der Waals surface area contributed by atoms with Gasteiger partial charge in [-0.1, -0.05) is 18.2 Å². The zero-order chi connectivity index (χ0) is 19.8. The molecule has 7 heteroatoms. The SMILES string of the molecule is Cc1ccnn1-c1ccc(C(=O)Nc2nc(-c3c[nH]c4ccccc34)cs2)cc1. The smallest absolute Gasteiger partial charge is 0.257 e. The highest BCUT2D eigenvalue weighted by atomic mass is 32.1. The summed E-state index contributed by atoms with van der Waals surface area (Å²) < 4.78 is 1.83. The first-order valence-electron chi connectivity index (χ1n) is 9.13. The molecule has 5 rings (SSSR count). The summed E-state index contributed by atoms with van der Waals surface area (Å²) in [6.07, 6.45) is 3.70. The van der Waals surface area contributed by atoms with Crippen molar-refractivity contribution in [3.05, 3.63) is 83.6 Å². The minimum Gasteiger partial charge on any atom is -0.360 e. The summed E-state index contributed by atoms with van der Waals surface area (Å²) in [5.41, 5.74) is 5.45. The Morgan fingerprint density at radius 2 is 1.93 bits per heavy atom. The summed E-state index contributed by atoms with van der Waals surface area (Å²) in [4.78, 5) is 20.5. The molecule has 3 heterocycles. The summed E-state index contributed by atoms with van der Waals surface area (Å²) >= 11 is 1.41. The van der Waals surface area contributed by atoms with Crippen molar-refractivity contribution in [2.75, 3.05) is 5.32 Å². The highest BCUT2D eigenvalue weighted by Gasteiger charge is 2.13. The average Bonchev–Trinajstić information content (AvgIpc) is 3.47. The number of carbonyl (C=O) groups excluding carboxylic acids is 1. The molecule has 2 N–H and O–H groups in total. The number of carbonyl (C=O) groups is 1. The third kappa shape index (κ3) is 3.21. The van der Waals surface area contributed by atoms with Crippen LogP contribution in [-0.2, 0) is 0 Å². The van der Waals surface area contributed by atoms with Crippen molar-refractivity contribution in [2.24, 2.45) is 0 Å². The van der Waals surface area contributed by atoms with Gasteiger partial charge in [0.2, 0.25) is 0 Å². The molecule has 0 aliphatic rings. The number of hydrogen-bond donors (Lipinski definition) is 2. The van der Waals surface area contributed by atoms with Crippen molar-refractivity contribution in [3.63, 3.8) is 0 Å². The lowest BCUT2D eigenvalue weighted by Gasteiger charge is -2.06. The lowest BCUT2D eigenvalue weighted by atomic mass is 10.1. The maximum Gasteiger partial charge on any atom is 0.257 e. The molecular weight excluding hydrogens is 382 g/mol. The quantitative estimate of drug-likeness (QED) is 0.445. The molecule has 142 valence electrons. The van der Waals surface area contributed by atoms with Crippen LogP contribution in [0.3, 0.4) is 0 Å². The fraction of sp³-hybridized carbons (Fsp3) is 0.0455. The Morgan fingerprint density at radius 1 is 1.10 bits per heavy atom. The van der Waals surface area contributed by atoms with E-state index < -0.39 is 0 Å². The zero-order valence-electron chi connectivity index (χ0n) is 15.6. The van der Waals surface area contributed by atoms with Crippen LogP contribution in [0.15, 0.2) is 72.4 Å². The highest BCUT2D eigenvalue weighted by molar-refractivity contribution is 7.14. The van der Waals surface area contributed by atoms with Gasteiger partial charge in [0, 0.05) is 45.5 Å². The van der Waals surface area contributed by atoms with Gasteiger partial charge in [0.15, 0.2) is 5.13 Å². The van der Waals surface area contributed by atoms with Gasteiger partial charge in [0.05, 0.1) is 11.4 Å². The van der Waals surface area contributed by atoms with E-state index in [1.165, 1.54) is 11.3 Å². The number of hydrogen-bond acceptors (Lipinski definition) is 4. The second-order valence-corrected chi connectivity index (χ2v) is 7.53. The van der Waals surface area contributed by atoms with Gasteiger partial charge < -0.3 is 4.98 Å². The molecule has 0 radical (unpaired) electrons. The van der Waals surface area contributed by atoms with Crippen molar-refractivity contribution < 1.29 is 4.79 Å². The standard InChI is InChI=1S/C22H17N5OS/c1-14-10-11-24-27(14)16-8-6-15(7-9-16)21(28)26-22-25-20(13-29-22)18-12-23-19-5-3-2-4-17(18)19/h2-13,23H,1H3,(H,25,26,28). The molecule has 0 aliphatic heterocycles. The van der Waals surface area contributed by atoms with Crippen LogP contribution >= 0.6 is 11.3 Å². The molecule has 1 amide bonds. The number of amides is 1. The Labute approximate surface area is 170 Å². The molecule has 29 heavy (non-hydrogen) atoms. The van der Waals surface area contributed by atoms with Crippen LogP contribution in [0.2, 0.25) is 0 Å². The van der Waals surface area contributed by atoms with Gasteiger partial charge in [0.1, 0.15) is 0 Å². The van der Waals surface area contributed by atoms with Crippen molar-refractivity contribution in [1.82, 2.24) is 19.7 Å². The predicted octanol–water partition coefficient (Wildman–Crippen LogP) is 5.04. The lowest BCUT2D eigenvalue weighted by molar-refractivity contribution is 0.102. The van der Waals surface area contributed by atoms with E-state index in [1.807, 2.05) is 59.6 Å². The molecule has 2 aromatic carbocycles. The van der Waals surface area contributed by atoms with Crippen molar-refractivity contribution in [1.29, 1.82) is 0 Å². The summed E-state index contributed by atoms with van der Waals surface area (Å²) in [5, 5.41) is 10.8. The van der Waals surface area contributed by atoms with Gasteiger partial charge in [-0.05, 0) is 43.3 Å². The zero-order valence-corrected chi connectivity index (χ0v) is 16.4. The fourth-order valence-corrected chi connectivity index (χ4v) is 4.01. The number of rotatable bonds is 4. The van der Waals surface area contributed by atoms with Crippen molar-refractivity contribution in [2.45, 2.75) is 6.92 Å². The van der Waals surface area contributed by atoms with Crippen molar-refractivity contribution >= 4 is 33.3 Å². The van der Waals surface area contributed by atoms with E-state index in [2.05, 4.69) is 26.4 Å². The van der Waals surface area contributed by atoms with E-state index in [4.69, 9.17) is 0 Å². The number of aromatic nitrogens is 4. The second-order valence-electron chi connectivity index (χ2n) is 6.67. The van der Waals surface area contributed by atoms with Crippen LogP contribution in [0.25, 0.3) is 27.8 Å². The topological polar surface area (TPSA) is 75.6 Å². The van der Waals surface area contributed by atoms with Gasteiger partial charge in [0.25, 0.3) is 5.91 Å². The molecular formula is C22H17N5OS. The van der Waals surface area contributed by atoms with E-state index in [0.29, 0.717) is 10.7 Å². The molecule has 5 aromatic rings. The number of benzene rings is 2. The number of H-pyrrole nitrogens is 1. The van der Waals surface area contributed by atoms with E-state index in [1.54, 1.807) is 18.3 Å². The summed E-state index contributed by atoms with van der Waals surface area (Å²) in [5.74, 6) is -0.187. The fourth-order valence-electron chi connectivity index (χ4n) is 3.30. The minimum atomic E-state index is -0.187. The molecule has 0 saturated heterocycles. The first-order valence-corrected chi connectivity index (χ1v) is 10.0. The number of fused-ring (bicyclic) bond motifs is 1. The molecule has 0 bridgehead atoms. The first kappa shape index (κ1) is 17.4. The van der Waals surface area contributed by atoms with E-state index >= 15 is 0 Å². The van der Waals surface area contributed by atoms with Crippen LogP contribution in [0.5, 0.6) is 0 Å². The van der Waals surface area contributed by atoms with Crippen LogP contribution in [-0.4, -0.2) is 25.7 Å². The average molecular weight is 399 g/mol. The van der Waals surface area contributed by atoms with Gasteiger partial charge >= 0.3 is 0 Å². The molecule has 0 spiro atoms. The third-order valence-electron chi connectivity index (χ3n) is 4.80. The Balaban J connectivity index is 1.34. The molecule has 0 aliphatic carbocycles. The Bertz CT molecular complexity index is 1310. The maximum absolute atomic E-state index is 12.6. The number of nitrogens with zero attached hydrogens (tertiary/aromatic N) is 3. The predicted molar refractivity (Wildman–Crippen MR) is 116 cm³/mol. The summed E-state index contributed by atoms with van der Waals surface area (Å²) in [6.45, 7) is 1.99. The number of para-hydroxylation sites is 1. The largest absolute Gasteiger partial charge is 0.360 e. The molecule has 0 atom stereocenters. The molecule has 0 unspecified atom stereocenters. The molecule has 6 nitrogen and oxygen atoms in total. The number of nitrogens with one attached hydrogen (secondary N) is 2. The van der Waals surface area contributed by atoms with Crippen LogP contribution in [0, 0.1) is 6.92 Å². The number of thiazole rings is 1. The minimum absolute atomic E-state index is 0.187. The first-order chi connectivity index (χ1) is 14.2. The number of aromatic amines is 1. The Kier molecular flexibility index (Phi) is 4.22. The van der Waals surface area contributed by atoms with Gasteiger partial charge in [-0.2, -0.15) is 5.10 Å². The van der Waals surface area contributed by atoms with Gasteiger partial charge in [-0.3, -0.25) is 10.1 Å². The Hall–Kier alpha value is -3.71. The molecule has 0 saturated carbocycles. The molecule has 3 aromatic heterocycles. The van der Waals surface area contributed by atoms with Crippen molar-refractivity contribution in [3.8, 4) is 16.9 Å². The van der Waals surface area contributed by atoms with Gasteiger partial charge in [-0.15, -0.1) is 11.3 Å². The van der Waals surface area contributed by atoms with E-state index in [9.17, 15) is 4.79 Å². The monoisotopic (exact) mass is 399 g/mol. The summed E-state index contributed by atoms with van der Waals surface area (Å²) in [7, 11) is 0. The number of anilines is 1. The number of aryl methyl sites for hydroxylation is 1. The highest BCUT2D eigenvalue weighted by Crippen LogP contribution is 2.31. The van der Waals surface area contributed by atoms with Gasteiger partial charge in [-0.25, -0.2) is 9.67 Å². The van der Waals surface area contributed by atoms with Crippen LogP contribution in [0.1, 0.15) is 16.1 Å². The van der Waals surface area contributed by atoms with Crippen LogP contribution in [0.4, 0.5) is 5.13 Å². The van der Waals surface area contributed by atoms with E-state index in [-0.39, 0.29) is 5.91 Å². The third-order valence-corrected chi connectivity index (χ3v) is 5.55. The molecule has 0 fully saturated rings. The normalized spacial score (nSPS) is 11.1.